The van der Waals surface area contributed by atoms with Crippen molar-refractivity contribution in [2.45, 2.75) is 6.61 Å². The summed E-state index contributed by atoms with van der Waals surface area (Å²) in [5.41, 5.74) is 3.75. The topological polar surface area (TPSA) is 59.4 Å². The summed E-state index contributed by atoms with van der Waals surface area (Å²) in [5.74, 6) is -0.182. The van der Waals surface area contributed by atoms with E-state index in [0.29, 0.717) is 33.6 Å². The lowest BCUT2D eigenvalue weighted by molar-refractivity contribution is 0.0965. The number of halogens is 2. The van der Waals surface area contributed by atoms with E-state index in [4.69, 9.17) is 9.72 Å². The summed E-state index contributed by atoms with van der Waals surface area (Å²) in [7, 11) is 0. The Labute approximate surface area is 198 Å². The first-order valence-electron chi connectivity index (χ1n) is 10.8. The molecule has 1 fully saturated rings. The molecule has 2 aliphatic heterocycles. The Morgan fingerprint density at radius 3 is 2.70 bits per heavy atom. The zero-order valence-electron chi connectivity index (χ0n) is 17.6. The van der Waals surface area contributed by atoms with Crippen molar-refractivity contribution in [1.29, 1.82) is 0 Å². The van der Waals surface area contributed by atoms with Crippen LogP contribution in [0.5, 0.6) is 5.75 Å². The summed E-state index contributed by atoms with van der Waals surface area (Å²) >= 11 is 3.44. The lowest BCUT2D eigenvalue weighted by Crippen LogP contribution is -2.43. The zero-order valence-corrected chi connectivity index (χ0v) is 19.2. The highest BCUT2D eigenvalue weighted by Crippen LogP contribution is 2.42. The molecular weight excluding hydrogens is 487 g/mol. The Kier molecular flexibility index (Phi) is 4.92. The lowest BCUT2D eigenvalue weighted by Gasteiger charge is -2.30. The van der Waals surface area contributed by atoms with Crippen molar-refractivity contribution >= 4 is 38.4 Å². The average Bonchev–Trinajstić information content (AvgIpc) is 3.41. The second-order valence-electron chi connectivity index (χ2n) is 8.21. The van der Waals surface area contributed by atoms with Gasteiger partial charge in [0.15, 0.2) is 0 Å². The van der Waals surface area contributed by atoms with Crippen LogP contribution in [-0.2, 0) is 6.61 Å². The van der Waals surface area contributed by atoms with E-state index >= 15 is 4.39 Å². The molecule has 1 saturated heterocycles. The van der Waals surface area contributed by atoms with Gasteiger partial charge in [0, 0.05) is 42.2 Å². The second-order valence-corrected chi connectivity index (χ2v) is 9.12. The fourth-order valence-corrected chi connectivity index (χ4v) is 4.80. The molecule has 0 spiro atoms. The molecule has 33 heavy (non-hydrogen) atoms. The van der Waals surface area contributed by atoms with E-state index in [2.05, 4.69) is 21.2 Å². The van der Waals surface area contributed by atoms with E-state index in [9.17, 15) is 4.79 Å². The van der Waals surface area contributed by atoms with Crippen molar-refractivity contribution < 1.29 is 13.9 Å². The van der Waals surface area contributed by atoms with Crippen molar-refractivity contribution in [3.05, 3.63) is 76.1 Å². The number of piperazine rings is 1. The number of carbonyl (C=O) groups is 1. The fourth-order valence-electron chi connectivity index (χ4n) is 4.53. The van der Waals surface area contributed by atoms with Crippen LogP contribution in [0.2, 0.25) is 0 Å². The first-order valence-corrected chi connectivity index (χ1v) is 11.6. The van der Waals surface area contributed by atoms with Crippen molar-refractivity contribution in [2.75, 3.05) is 31.1 Å². The molecule has 0 saturated carbocycles. The van der Waals surface area contributed by atoms with Gasteiger partial charge in [-0.3, -0.25) is 9.36 Å². The molecule has 4 aromatic rings. The number of carbonyl (C=O) groups excluding carboxylic acids is 1. The minimum Gasteiger partial charge on any atom is -0.487 e. The number of rotatable bonds is 4. The Bertz CT molecular complexity index is 1390. The van der Waals surface area contributed by atoms with E-state index in [-0.39, 0.29) is 18.3 Å². The Morgan fingerprint density at radius 1 is 1.12 bits per heavy atom. The van der Waals surface area contributed by atoms with Crippen LogP contribution < -0.4 is 15.0 Å². The third kappa shape index (κ3) is 3.41. The van der Waals surface area contributed by atoms with E-state index < -0.39 is 0 Å². The second kappa shape index (κ2) is 7.97. The Morgan fingerprint density at radius 2 is 1.91 bits per heavy atom. The van der Waals surface area contributed by atoms with Gasteiger partial charge in [-0.05, 0) is 42.0 Å². The predicted molar refractivity (Wildman–Crippen MR) is 128 cm³/mol. The molecule has 0 amide bonds. The van der Waals surface area contributed by atoms with Crippen molar-refractivity contribution in [1.82, 2.24) is 14.9 Å². The van der Waals surface area contributed by atoms with E-state index in [1.165, 1.54) is 6.07 Å². The molecule has 4 heterocycles. The number of pyridine rings is 1. The quantitative estimate of drug-likeness (QED) is 0.386. The highest BCUT2D eigenvalue weighted by atomic mass is 79.9. The Balaban J connectivity index is 1.50. The number of ether oxygens (including phenoxy) is 1. The lowest BCUT2D eigenvalue weighted by atomic mass is 10.1. The maximum Gasteiger partial charge on any atom is 0.268 e. The van der Waals surface area contributed by atoms with Gasteiger partial charge in [0.2, 0.25) is 0 Å². The first kappa shape index (κ1) is 20.4. The first-order chi connectivity index (χ1) is 16.1. The SMILES string of the molecule is O=C1c2c(nc3cc(N4CCNCC4)c(F)cc3c2OCc2ccc(Br)cc2)-c2cccn21. The molecule has 0 atom stereocenters. The summed E-state index contributed by atoms with van der Waals surface area (Å²) in [6.45, 7) is 3.31. The molecule has 2 aromatic carbocycles. The predicted octanol–water partition coefficient (Wildman–Crippen LogP) is 4.60. The van der Waals surface area contributed by atoms with Crippen LogP contribution in [0.15, 0.2) is 59.2 Å². The summed E-state index contributed by atoms with van der Waals surface area (Å²) in [5, 5.41) is 3.79. The monoisotopic (exact) mass is 506 g/mol. The van der Waals surface area contributed by atoms with Crippen molar-refractivity contribution in [2.24, 2.45) is 0 Å². The molecule has 0 radical (unpaired) electrons. The molecule has 6 nitrogen and oxygen atoms in total. The van der Waals surface area contributed by atoms with Crippen LogP contribution in [0.25, 0.3) is 22.3 Å². The van der Waals surface area contributed by atoms with E-state index in [1.54, 1.807) is 16.8 Å². The van der Waals surface area contributed by atoms with Crippen LogP contribution in [0.4, 0.5) is 10.1 Å². The van der Waals surface area contributed by atoms with Crippen LogP contribution >= 0.6 is 15.9 Å². The molecule has 2 aliphatic rings. The van der Waals surface area contributed by atoms with Crippen molar-refractivity contribution in [3.8, 4) is 17.1 Å². The maximum atomic E-state index is 15.3. The molecule has 0 unspecified atom stereocenters. The van der Waals surface area contributed by atoms with Gasteiger partial charge in [-0.2, -0.15) is 0 Å². The minimum atomic E-state index is -0.343. The standard InChI is InChI=1S/C25H20BrFN4O2/c26-16-5-3-15(4-6-16)14-33-24-17-12-18(27)21(30-10-7-28-8-11-30)13-19(17)29-23-20-2-1-9-31(20)25(32)22(23)24/h1-6,9,12-13,28H,7-8,10-11,14H2. The van der Waals surface area contributed by atoms with Crippen LogP contribution in [-0.4, -0.2) is 41.6 Å². The fraction of sp³-hybridized carbons (Fsp3) is 0.200. The van der Waals surface area contributed by atoms with Gasteiger partial charge < -0.3 is 15.0 Å². The number of anilines is 1. The van der Waals surface area contributed by atoms with E-state index in [1.807, 2.05) is 41.3 Å². The zero-order chi connectivity index (χ0) is 22.5. The number of aromatic nitrogens is 2. The van der Waals surface area contributed by atoms with Gasteiger partial charge in [-0.15, -0.1) is 0 Å². The number of fused-ring (bicyclic) bond motifs is 4. The third-order valence-corrected chi connectivity index (χ3v) is 6.71. The maximum absolute atomic E-state index is 15.3. The van der Waals surface area contributed by atoms with Gasteiger partial charge in [-0.1, -0.05) is 28.1 Å². The largest absolute Gasteiger partial charge is 0.487 e. The van der Waals surface area contributed by atoms with Crippen molar-refractivity contribution in [3.63, 3.8) is 0 Å². The van der Waals surface area contributed by atoms with Crippen LogP contribution in [0.3, 0.4) is 0 Å². The smallest absolute Gasteiger partial charge is 0.268 e. The van der Waals surface area contributed by atoms with Gasteiger partial charge in [0.05, 0.1) is 16.9 Å². The number of hydrogen-bond acceptors (Lipinski definition) is 5. The summed E-state index contributed by atoms with van der Waals surface area (Å²) in [6, 6.07) is 14.7. The highest BCUT2D eigenvalue weighted by molar-refractivity contribution is 9.10. The summed E-state index contributed by atoms with van der Waals surface area (Å²) in [4.78, 5) is 20.0. The molecule has 166 valence electrons. The van der Waals surface area contributed by atoms with E-state index in [0.717, 1.165) is 41.9 Å². The molecule has 1 N–H and O–H groups in total. The van der Waals surface area contributed by atoms with Gasteiger partial charge in [0.1, 0.15) is 29.4 Å². The average molecular weight is 507 g/mol. The summed E-state index contributed by atoms with van der Waals surface area (Å²) in [6.07, 6.45) is 1.72. The summed E-state index contributed by atoms with van der Waals surface area (Å²) < 4.78 is 24.1. The molecule has 6 rings (SSSR count). The van der Waals surface area contributed by atoms with Gasteiger partial charge in [0.25, 0.3) is 5.91 Å². The van der Waals surface area contributed by atoms with Crippen LogP contribution in [0, 0.1) is 5.82 Å². The number of nitrogens with one attached hydrogen (secondary N) is 1. The number of hydrogen-bond donors (Lipinski definition) is 1. The normalized spacial score (nSPS) is 15.1. The van der Waals surface area contributed by atoms with Gasteiger partial charge >= 0.3 is 0 Å². The molecule has 8 heteroatoms. The molecular formula is C25H20BrFN4O2. The van der Waals surface area contributed by atoms with Gasteiger partial charge in [-0.25, -0.2) is 9.37 Å². The van der Waals surface area contributed by atoms with Crippen LogP contribution in [0.1, 0.15) is 15.9 Å². The molecule has 0 aliphatic carbocycles. The highest BCUT2D eigenvalue weighted by Gasteiger charge is 2.33. The number of nitrogens with zero attached hydrogens (tertiary/aromatic N) is 3. The molecule has 2 aromatic heterocycles. The number of benzene rings is 2. The third-order valence-electron chi connectivity index (χ3n) is 6.18. The molecule has 0 bridgehead atoms. The Hall–Kier alpha value is -3.23. The minimum absolute atomic E-state index is 0.211.